The molecule has 0 bridgehead atoms. The molecule has 0 saturated carbocycles. The molecule has 3 aromatic rings. The molecule has 8 nitrogen and oxygen atoms in total. The van der Waals surface area contributed by atoms with Gasteiger partial charge in [-0.3, -0.25) is 4.79 Å². The van der Waals surface area contributed by atoms with E-state index in [1.165, 1.54) is 56.0 Å². The zero-order valence-corrected chi connectivity index (χ0v) is 19.9. The number of carbonyl (C=O) groups is 2. The average molecular weight is 465 g/mol. The molecule has 0 saturated heterocycles. The van der Waals surface area contributed by atoms with Crippen molar-refractivity contribution in [3.8, 4) is 17.1 Å². The summed E-state index contributed by atoms with van der Waals surface area (Å²) in [7, 11) is 1.32. The Kier molecular flexibility index (Phi) is 9.76. The van der Waals surface area contributed by atoms with Crippen LogP contribution in [0.3, 0.4) is 0 Å². The lowest BCUT2D eigenvalue weighted by atomic mass is 10.0. The third-order valence-corrected chi connectivity index (χ3v) is 5.45. The van der Waals surface area contributed by atoms with Crippen LogP contribution in [-0.4, -0.2) is 45.7 Å². The summed E-state index contributed by atoms with van der Waals surface area (Å²) in [4.78, 5) is 25.2. The predicted octanol–water partition coefficient (Wildman–Crippen LogP) is 4.68. The topological polar surface area (TPSA) is 96.2 Å². The van der Waals surface area contributed by atoms with Gasteiger partial charge in [0.15, 0.2) is 5.78 Å². The fourth-order valence-electron chi connectivity index (χ4n) is 3.56. The van der Waals surface area contributed by atoms with Gasteiger partial charge in [-0.05, 0) is 47.9 Å². The van der Waals surface area contributed by atoms with Gasteiger partial charge in [0, 0.05) is 5.56 Å². The molecule has 1 heterocycles. The Labute approximate surface area is 200 Å². The summed E-state index contributed by atoms with van der Waals surface area (Å²) < 4.78 is 10.3. The normalized spacial score (nSPS) is 10.8. The fraction of sp³-hybridized carbons (Fsp3) is 0.423. The SMILES string of the molecule is CCCCCCCCc1ccc(OCC(=O)Cn2nnc(-c3cccc(C(=O)OC)c3)n2)cc1. The number of hydrogen-bond donors (Lipinski definition) is 0. The molecule has 34 heavy (non-hydrogen) atoms. The van der Waals surface area contributed by atoms with Gasteiger partial charge in [0.05, 0.1) is 12.7 Å². The van der Waals surface area contributed by atoms with Crippen molar-refractivity contribution in [2.75, 3.05) is 13.7 Å². The molecule has 3 rings (SSSR count). The first-order chi connectivity index (χ1) is 16.6. The van der Waals surface area contributed by atoms with Crippen molar-refractivity contribution in [2.24, 2.45) is 0 Å². The first-order valence-corrected chi connectivity index (χ1v) is 11.8. The Bertz CT molecular complexity index is 1060. The largest absolute Gasteiger partial charge is 0.486 e. The molecular formula is C26H32N4O4. The quantitative estimate of drug-likeness (QED) is 0.252. The number of ketones is 1. The monoisotopic (exact) mass is 464 g/mol. The first kappa shape index (κ1) is 25.1. The van der Waals surface area contributed by atoms with E-state index in [2.05, 4.69) is 34.5 Å². The van der Waals surface area contributed by atoms with Crippen LogP contribution in [0.4, 0.5) is 0 Å². The highest BCUT2D eigenvalue weighted by molar-refractivity contribution is 5.90. The van der Waals surface area contributed by atoms with Gasteiger partial charge in [-0.15, -0.1) is 10.2 Å². The number of aryl methyl sites for hydroxylation is 1. The van der Waals surface area contributed by atoms with Gasteiger partial charge >= 0.3 is 5.97 Å². The van der Waals surface area contributed by atoms with Crippen molar-refractivity contribution in [1.82, 2.24) is 20.2 Å². The predicted molar refractivity (Wildman–Crippen MR) is 129 cm³/mol. The van der Waals surface area contributed by atoms with Gasteiger partial charge in [-0.25, -0.2) is 4.79 Å². The Hall–Kier alpha value is -3.55. The summed E-state index contributed by atoms with van der Waals surface area (Å²) >= 11 is 0. The van der Waals surface area contributed by atoms with E-state index in [1.807, 2.05) is 12.1 Å². The highest BCUT2D eigenvalue weighted by atomic mass is 16.5. The molecule has 0 unspecified atom stereocenters. The van der Waals surface area contributed by atoms with E-state index in [0.717, 1.165) is 6.42 Å². The lowest BCUT2D eigenvalue weighted by Gasteiger charge is -2.07. The third-order valence-electron chi connectivity index (χ3n) is 5.45. The number of rotatable bonds is 14. The molecule has 0 amide bonds. The molecule has 0 aliphatic rings. The first-order valence-electron chi connectivity index (χ1n) is 11.8. The Morgan fingerprint density at radius 3 is 2.50 bits per heavy atom. The van der Waals surface area contributed by atoms with Crippen LogP contribution in [0.15, 0.2) is 48.5 Å². The smallest absolute Gasteiger partial charge is 0.337 e. The third kappa shape index (κ3) is 7.79. The molecular weight excluding hydrogens is 432 g/mol. The van der Waals surface area contributed by atoms with E-state index >= 15 is 0 Å². The molecule has 2 aromatic carbocycles. The second-order valence-electron chi connectivity index (χ2n) is 8.20. The van der Waals surface area contributed by atoms with Crippen molar-refractivity contribution in [2.45, 2.75) is 58.4 Å². The molecule has 0 radical (unpaired) electrons. The number of ether oxygens (including phenoxy) is 2. The van der Waals surface area contributed by atoms with Crippen LogP contribution < -0.4 is 4.74 Å². The van der Waals surface area contributed by atoms with Gasteiger partial charge in [0.25, 0.3) is 0 Å². The molecule has 180 valence electrons. The second kappa shape index (κ2) is 13.2. The molecule has 1 aromatic heterocycles. The van der Waals surface area contributed by atoms with Crippen molar-refractivity contribution in [3.63, 3.8) is 0 Å². The minimum atomic E-state index is -0.447. The van der Waals surface area contributed by atoms with Crippen LogP contribution in [0.2, 0.25) is 0 Å². The van der Waals surface area contributed by atoms with Gasteiger partial charge in [-0.2, -0.15) is 4.80 Å². The molecule has 0 atom stereocenters. The average Bonchev–Trinajstić information content (AvgIpc) is 3.33. The summed E-state index contributed by atoms with van der Waals surface area (Å²) in [6, 6.07) is 14.6. The van der Waals surface area contributed by atoms with Crippen molar-refractivity contribution >= 4 is 11.8 Å². The number of aromatic nitrogens is 4. The number of tetrazole rings is 1. The van der Waals surface area contributed by atoms with E-state index in [-0.39, 0.29) is 18.9 Å². The minimum absolute atomic E-state index is 0.0557. The van der Waals surface area contributed by atoms with Crippen LogP contribution in [0, 0.1) is 0 Å². The van der Waals surface area contributed by atoms with E-state index in [1.54, 1.807) is 24.3 Å². The standard InChI is InChI=1S/C26H32N4O4/c1-3-4-5-6-7-8-10-20-13-15-24(16-14-20)34-19-23(31)18-30-28-25(27-29-30)21-11-9-12-22(17-21)26(32)33-2/h9,11-17H,3-8,10,18-19H2,1-2H3. The van der Waals surface area contributed by atoms with E-state index < -0.39 is 5.97 Å². The number of carbonyl (C=O) groups excluding carboxylic acids is 2. The number of Topliss-reactive ketones (excluding diaryl/α,β-unsaturated/α-hetero) is 1. The molecule has 0 N–H and O–H groups in total. The number of benzene rings is 2. The van der Waals surface area contributed by atoms with Gasteiger partial charge in [0.1, 0.15) is 18.9 Å². The van der Waals surface area contributed by atoms with Crippen LogP contribution in [0.25, 0.3) is 11.4 Å². The summed E-state index contributed by atoms with van der Waals surface area (Å²) in [6.45, 7) is 2.10. The van der Waals surface area contributed by atoms with Crippen molar-refractivity contribution in [3.05, 3.63) is 59.7 Å². The Balaban J connectivity index is 1.43. The highest BCUT2D eigenvalue weighted by Gasteiger charge is 2.12. The summed E-state index contributed by atoms with van der Waals surface area (Å²) in [6.07, 6.45) is 8.75. The minimum Gasteiger partial charge on any atom is -0.486 e. The van der Waals surface area contributed by atoms with Gasteiger partial charge in [0.2, 0.25) is 5.82 Å². The maximum atomic E-state index is 12.3. The number of hydrogen-bond acceptors (Lipinski definition) is 7. The summed E-state index contributed by atoms with van der Waals surface area (Å²) in [5.74, 6) is 0.354. The number of esters is 1. The second-order valence-corrected chi connectivity index (χ2v) is 8.20. The van der Waals surface area contributed by atoms with Gasteiger partial charge < -0.3 is 9.47 Å². The molecule has 8 heteroatoms. The zero-order chi connectivity index (χ0) is 24.2. The van der Waals surface area contributed by atoms with Crippen LogP contribution in [-0.2, 0) is 22.5 Å². The maximum absolute atomic E-state index is 12.3. The number of unbranched alkanes of at least 4 members (excludes halogenated alkanes) is 5. The lowest BCUT2D eigenvalue weighted by molar-refractivity contribution is -0.122. The Morgan fingerprint density at radius 1 is 0.971 bits per heavy atom. The van der Waals surface area contributed by atoms with E-state index in [9.17, 15) is 9.59 Å². The van der Waals surface area contributed by atoms with Gasteiger partial charge in [-0.1, -0.05) is 63.3 Å². The summed E-state index contributed by atoms with van der Waals surface area (Å²) in [5, 5.41) is 12.1. The van der Waals surface area contributed by atoms with Crippen LogP contribution in [0.1, 0.15) is 61.4 Å². The molecule has 0 aliphatic heterocycles. The summed E-state index contributed by atoms with van der Waals surface area (Å²) in [5.41, 5.74) is 2.28. The number of nitrogens with zero attached hydrogens (tertiary/aromatic N) is 4. The molecule has 0 spiro atoms. The number of methoxy groups -OCH3 is 1. The molecule has 0 fully saturated rings. The van der Waals surface area contributed by atoms with Crippen molar-refractivity contribution in [1.29, 1.82) is 0 Å². The van der Waals surface area contributed by atoms with E-state index in [4.69, 9.17) is 9.47 Å². The van der Waals surface area contributed by atoms with E-state index in [0.29, 0.717) is 22.7 Å². The highest BCUT2D eigenvalue weighted by Crippen LogP contribution is 2.17. The maximum Gasteiger partial charge on any atom is 0.337 e. The fourth-order valence-corrected chi connectivity index (χ4v) is 3.56. The molecule has 0 aliphatic carbocycles. The zero-order valence-electron chi connectivity index (χ0n) is 19.9. The lowest BCUT2D eigenvalue weighted by Crippen LogP contribution is -2.19. The Morgan fingerprint density at radius 2 is 1.74 bits per heavy atom. The van der Waals surface area contributed by atoms with Crippen molar-refractivity contribution < 1.29 is 19.1 Å². The van der Waals surface area contributed by atoms with Crippen LogP contribution in [0.5, 0.6) is 5.75 Å². The van der Waals surface area contributed by atoms with Crippen LogP contribution >= 0.6 is 0 Å².